The summed E-state index contributed by atoms with van der Waals surface area (Å²) in [7, 11) is -3.11. The van der Waals surface area contributed by atoms with E-state index in [9.17, 15) is 8.42 Å². The Hall–Kier alpha value is -1.54. The monoisotopic (exact) mass is 281 g/mol. The molecular formula is C14H19NO3S. The molecule has 1 rings (SSSR count). The van der Waals surface area contributed by atoms with Crippen LogP contribution < -0.4 is 4.74 Å². The maximum Gasteiger partial charge on any atom is 0.151 e. The maximum absolute atomic E-state index is 11.5. The van der Waals surface area contributed by atoms with Crippen LogP contribution in [0.1, 0.15) is 25.3 Å². The number of aryl methyl sites for hydroxylation is 1. The van der Waals surface area contributed by atoms with Gasteiger partial charge in [0, 0.05) is 6.42 Å². The van der Waals surface area contributed by atoms with Gasteiger partial charge in [-0.3, -0.25) is 0 Å². The zero-order valence-corrected chi connectivity index (χ0v) is 11.9. The summed E-state index contributed by atoms with van der Waals surface area (Å²) in [6.07, 6.45) is 1.49. The summed E-state index contributed by atoms with van der Waals surface area (Å²) in [5.41, 5.74) is 1.24. The van der Waals surface area contributed by atoms with Gasteiger partial charge in [-0.2, -0.15) is 5.26 Å². The molecule has 0 bridgehead atoms. The zero-order chi connectivity index (χ0) is 14.1. The first-order chi connectivity index (χ1) is 9.07. The third-order valence-electron chi connectivity index (χ3n) is 2.72. The summed E-state index contributed by atoms with van der Waals surface area (Å²) in [4.78, 5) is 0. The number of nitriles is 1. The molecule has 0 unspecified atom stereocenters. The SMILES string of the molecule is CCc1ccc(OCCCS(=O)(=O)CCC#N)cc1. The molecule has 0 saturated carbocycles. The standard InChI is InChI=1S/C14H19NO3S/c1-2-13-5-7-14(8-6-13)18-10-4-12-19(16,17)11-3-9-15/h5-8H,2-4,10-12H2,1H3. The Kier molecular flexibility index (Phi) is 6.37. The van der Waals surface area contributed by atoms with Crippen molar-refractivity contribution in [2.24, 2.45) is 0 Å². The van der Waals surface area contributed by atoms with E-state index < -0.39 is 9.84 Å². The molecule has 0 spiro atoms. The fourth-order valence-corrected chi connectivity index (χ4v) is 2.76. The highest BCUT2D eigenvalue weighted by Gasteiger charge is 2.09. The predicted molar refractivity (Wildman–Crippen MR) is 74.8 cm³/mol. The van der Waals surface area contributed by atoms with Crippen molar-refractivity contribution in [1.29, 1.82) is 5.26 Å². The molecule has 0 aliphatic carbocycles. The molecule has 5 heteroatoms. The van der Waals surface area contributed by atoms with Gasteiger partial charge in [-0.1, -0.05) is 19.1 Å². The minimum Gasteiger partial charge on any atom is -0.494 e. The van der Waals surface area contributed by atoms with Crippen LogP contribution in [0.2, 0.25) is 0 Å². The smallest absolute Gasteiger partial charge is 0.151 e. The molecule has 0 radical (unpaired) electrons. The molecule has 0 aliphatic heterocycles. The molecular weight excluding hydrogens is 262 g/mol. The Labute approximate surface area is 114 Å². The lowest BCUT2D eigenvalue weighted by Crippen LogP contribution is -2.13. The van der Waals surface area contributed by atoms with Crippen molar-refractivity contribution in [3.63, 3.8) is 0 Å². The summed E-state index contributed by atoms with van der Waals surface area (Å²) in [6.45, 7) is 2.46. The lowest BCUT2D eigenvalue weighted by Gasteiger charge is -2.07. The van der Waals surface area contributed by atoms with Gasteiger partial charge in [-0.25, -0.2) is 8.42 Å². The quantitative estimate of drug-likeness (QED) is 0.686. The van der Waals surface area contributed by atoms with Crippen LogP contribution in [0, 0.1) is 11.3 Å². The molecule has 4 nitrogen and oxygen atoms in total. The summed E-state index contributed by atoms with van der Waals surface area (Å²) in [6, 6.07) is 9.62. The summed E-state index contributed by atoms with van der Waals surface area (Å²) < 4.78 is 28.4. The molecule has 1 aromatic rings. The Balaban J connectivity index is 2.28. The van der Waals surface area contributed by atoms with Crippen LogP contribution >= 0.6 is 0 Å². The van der Waals surface area contributed by atoms with E-state index in [1.54, 1.807) is 0 Å². The lowest BCUT2D eigenvalue weighted by molar-refractivity contribution is 0.317. The van der Waals surface area contributed by atoms with Crippen LogP contribution in [0.25, 0.3) is 0 Å². The van der Waals surface area contributed by atoms with Crippen molar-refractivity contribution in [3.05, 3.63) is 29.8 Å². The van der Waals surface area contributed by atoms with Gasteiger partial charge in [0.15, 0.2) is 9.84 Å². The second kappa shape index (κ2) is 7.80. The Bertz CT molecular complexity index is 515. The molecule has 0 N–H and O–H groups in total. The van der Waals surface area contributed by atoms with Gasteiger partial charge in [0.1, 0.15) is 5.75 Å². The molecule has 0 atom stereocenters. The normalized spacial score (nSPS) is 10.9. The van der Waals surface area contributed by atoms with Crippen LogP contribution in [0.3, 0.4) is 0 Å². The van der Waals surface area contributed by atoms with Gasteiger partial charge in [-0.05, 0) is 30.5 Å². The molecule has 0 aromatic heterocycles. The minimum absolute atomic E-state index is 0.0572. The van der Waals surface area contributed by atoms with Crippen molar-refractivity contribution < 1.29 is 13.2 Å². The number of nitrogens with zero attached hydrogens (tertiary/aromatic N) is 1. The highest BCUT2D eigenvalue weighted by Crippen LogP contribution is 2.12. The third kappa shape index (κ3) is 6.25. The van der Waals surface area contributed by atoms with Gasteiger partial charge in [0.25, 0.3) is 0 Å². The molecule has 104 valence electrons. The van der Waals surface area contributed by atoms with Crippen molar-refractivity contribution in [1.82, 2.24) is 0 Å². The lowest BCUT2D eigenvalue weighted by atomic mass is 10.2. The second-order valence-corrected chi connectivity index (χ2v) is 6.56. The van der Waals surface area contributed by atoms with Gasteiger partial charge in [-0.15, -0.1) is 0 Å². The van der Waals surface area contributed by atoms with E-state index in [4.69, 9.17) is 10.00 Å². The van der Waals surface area contributed by atoms with Crippen LogP contribution in [0.5, 0.6) is 5.75 Å². The second-order valence-electron chi connectivity index (χ2n) is 4.26. The number of rotatable bonds is 8. The summed E-state index contributed by atoms with van der Waals surface area (Å²) in [5, 5.41) is 8.35. The van der Waals surface area contributed by atoms with Gasteiger partial charge >= 0.3 is 0 Å². The van der Waals surface area contributed by atoms with Gasteiger partial charge in [0.05, 0.1) is 24.2 Å². The van der Waals surface area contributed by atoms with E-state index in [-0.39, 0.29) is 17.9 Å². The number of sulfone groups is 1. The fourth-order valence-electron chi connectivity index (χ4n) is 1.59. The van der Waals surface area contributed by atoms with Crippen LogP contribution in [0.4, 0.5) is 0 Å². The third-order valence-corrected chi connectivity index (χ3v) is 4.46. The van der Waals surface area contributed by atoms with Gasteiger partial charge < -0.3 is 4.74 Å². The maximum atomic E-state index is 11.5. The number of benzene rings is 1. The largest absolute Gasteiger partial charge is 0.494 e. The van der Waals surface area contributed by atoms with E-state index in [1.165, 1.54) is 5.56 Å². The van der Waals surface area contributed by atoms with E-state index >= 15 is 0 Å². The molecule has 0 saturated heterocycles. The number of hydrogen-bond acceptors (Lipinski definition) is 4. The summed E-state index contributed by atoms with van der Waals surface area (Å²) in [5.74, 6) is 0.766. The molecule has 0 aliphatic rings. The molecule has 0 amide bonds. The van der Waals surface area contributed by atoms with Gasteiger partial charge in [0.2, 0.25) is 0 Å². The average molecular weight is 281 g/mol. The van der Waals surface area contributed by atoms with Crippen LogP contribution in [0.15, 0.2) is 24.3 Å². The van der Waals surface area contributed by atoms with Crippen LogP contribution in [-0.4, -0.2) is 26.5 Å². The van der Waals surface area contributed by atoms with Crippen molar-refractivity contribution in [3.8, 4) is 11.8 Å². The first kappa shape index (κ1) is 15.5. The molecule has 1 aromatic carbocycles. The highest BCUT2D eigenvalue weighted by molar-refractivity contribution is 7.91. The first-order valence-electron chi connectivity index (χ1n) is 6.36. The Morgan fingerprint density at radius 3 is 2.47 bits per heavy atom. The van der Waals surface area contributed by atoms with E-state index in [1.807, 2.05) is 30.3 Å². The topological polar surface area (TPSA) is 67.2 Å². The van der Waals surface area contributed by atoms with Crippen LogP contribution in [-0.2, 0) is 16.3 Å². The fraction of sp³-hybridized carbons (Fsp3) is 0.500. The molecule has 19 heavy (non-hydrogen) atoms. The van der Waals surface area contributed by atoms with E-state index in [0.717, 1.165) is 12.2 Å². The molecule has 0 fully saturated rings. The molecule has 0 heterocycles. The van der Waals surface area contributed by atoms with Crippen molar-refractivity contribution in [2.45, 2.75) is 26.2 Å². The predicted octanol–water partition coefficient (Wildman–Crippen LogP) is 2.35. The highest BCUT2D eigenvalue weighted by atomic mass is 32.2. The zero-order valence-electron chi connectivity index (χ0n) is 11.1. The number of hydrogen-bond donors (Lipinski definition) is 0. The van der Waals surface area contributed by atoms with E-state index in [0.29, 0.717) is 13.0 Å². The first-order valence-corrected chi connectivity index (χ1v) is 8.18. The van der Waals surface area contributed by atoms with Crippen molar-refractivity contribution >= 4 is 9.84 Å². The minimum atomic E-state index is -3.11. The van der Waals surface area contributed by atoms with Crippen molar-refractivity contribution in [2.75, 3.05) is 18.1 Å². The number of ether oxygens (including phenoxy) is 1. The average Bonchev–Trinajstić information content (AvgIpc) is 2.42. The van der Waals surface area contributed by atoms with E-state index in [2.05, 4.69) is 6.92 Å². The Morgan fingerprint density at radius 2 is 1.89 bits per heavy atom. The summed E-state index contributed by atoms with van der Waals surface area (Å²) >= 11 is 0. The Morgan fingerprint density at radius 1 is 1.21 bits per heavy atom.